The third-order valence-corrected chi connectivity index (χ3v) is 6.50. The predicted molar refractivity (Wildman–Crippen MR) is 84.8 cm³/mol. The zero-order valence-electron chi connectivity index (χ0n) is 10.9. The second kappa shape index (κ2) is 7.27. The molecule has 1 N–H and O–H groups in total. The minimum atomic E-state index is 0.461. The lowest BCUT2D eigenvalue weighted by molar-refractivity contribution is 0.307. The molecule has 2 atom stereocenters. The Morgan fingerprint density at radius 3 is 2.35 bits per heavy atom. The van der Waals surface area contributed by atoms with E-state index in [1.807, 2.05) is 11.3 Å². The molecule has 1 heterocycles. The first-order valence-electron chi connectivity index (χ1n) is 6.15. The Labute approximate surface area is 126 Å². The normalized spacial score (nSPS) is 15.2. The van der Waals surface area contributed by atoms with Crippen molar-refractivity contribution in [2.45, 2.75) is 40.2 Å². The Balaban J connectivity index is 2.88. The third-order valence-electron chi connectivity index (χ3n) is 3.16. The molecule has 98 valence electrons. The first-order valence-corrected chi connectivity index (χ1v) is 8.55. The number of nitrogens with one attached hydrogen (secondary N) is 1. The van der Waals surface area contributed by atoms with Crippen LogP contribution in [0, 0.1) is 11.8 Å². The molecule has 0 amide bonds. The molecule has 0 saturated carbocycles. The van der Waals surface area contributed by atoms with Gasteiger partial charge in [0.05, 0.1) is 3.79 Å². The van der Waals surface area contributed by atoms with Crippen molar-refractivity contribution < 1.29 is 0 Å². The number of hydrogen-bond donors (Lipinski definition) is 1. The number of halogens is 2. The van der Waals surface area contributed by atoms with Crippen molar-refractivity contribution in [1.29, 1.82) is 0 Å². The summed E-state index contributed by atoms with van der Waals surface area (Å²) < 4.78 is 2.35. The number of hydrogen-bond acceptors (Lipinski definition) is 2. The SMILES string of the molecule is CCCNC(c1cc(Br)c(Br)s1)C(C)C(C)C. The van der Waals surface area contributed by atoms with Crippen molar-refractivity contribution >= 4 is 43.2 Å². The molecule has 1 nitrogen and oxygen atoms in total. The minimum absolute atomic E-state index is 0.461. The van der Waals surface area contributed by atoms with Crippen LogP contribution in [0.3, 0.4) is 0 Å². The highest BCUT2D eigenvalue weighted by atomic mass is 79.9. The lowest BCUT2D eigenvalue weighted by Crippen LogP contribution is -2.29. The predicted octanol–water partition coefficient (Wildman–Crippen LogP) is 5.61. The van der Waals surface area contributed by atoms with Gasteiger partial charge in [-0.3, -0.25) is 0 Å². The molecule has 0 aliphatic heterocycles. The molecule has 0 aliphatic carbocycles. The van der Waals surface area contributed by atoms with Crippen LogP contribution in [0.1, 0.15) is 45.0 Å². The first-order chi connectivity index (χ1) is 7.97. The smallest absolute Gasteiger partial charge is 0.0843 e. The number of thiophene rings is 1. The van der Waals surface area contributed by atoms with Gasteiger partial charge in [0, 0.05) is 15.4 Å². The lowest BCUT2D eigenvalue weighted by atomic mass is 9.89. The van der Waals surface area contributed by atoms with Crippen LogP contribution in [-0.2, 0) is 0 Å². The maximum Gasteiger partial charge on any atom is 0.0843 e. The lowest BCUT2D eigenvalue weighted by Gasteiger charge is -2.27. The topological polar surface area (TPSA) is 12.0 Å². The molecule has 0 bridgehead atoms. The summed E-state index contributed by atoms with van der Waals surface area (Å²) in [5.74, 6) is 1.32. The van der Waals surface area contributed by atoms with E-state index in [0.29, 0.717) is 17.9 Å². The first kappa shape index (κ1) is 15.7. The molecular weight excluding hydrogens is 362 g/mol. The number of rotatable bonds is 6. The summed E-state index contributed by atoms with van der Waals surface area (Å²) >= 11 is 8.98. The fraction of sp³-hybridized carbons (Fsp3) is 0.692. The molecule has 2 unspecified atom stereocenters. The summed E-state index contributed by atoms with van der Waals surface area (Å²) in [7, 11) is 0. The molecule has 0 aromatic carbocycles. The van der Waals surface area contributed by atoms with Crippen LogP contribution in [0.2, 0.25) is 0 Å². The highest BCUT2D eigenvalue weighted by Crippen LogP contribution is 2.39. The van der Waals surface area contributed by atoms with E-state index in [1.165, 1.54) is 15.1 Å². The summed E-state index contributed by atoms with van der Waals surface area (Å²) in [6.07, 6.45) is 1.18. The maximum absolute atomic E-state index is 3.68. The molecule has 0 saturated heterocycles. The van der Waals surface area contributed by atoms with E-state index < -0.39 is 0 Å². The van der Waals surface area contributed by atoms with Gasteiger partial charge in [0.2, 0.25) is 0 Å². The van der Waals surface area contributed by atoms with Gasteiger partial charge in [-0.05, 0) is 62.7 Å². The summed E-state index contributed by atoms with van der Waals surface area (Å²) in [6, 6.07) is 2.70. The van der Waals surface area contributed by atoms with Crippen LogP contribution in [0.5, 0.6) is 0 Å². The molecule has 0 aliphatic rings. The van der Waals surface area contributed by atoms with Gasteiger partial charge in [0.1, 0.15) is 0 Å². The standard InChI is InChI=1S/C13H21Br2NS/c1-5-6-16-12(9(4)8(2)3)11-7-10(14)13(15)17-11/h7-9,12,16H,5-6H2,1-4H3. The Bertz CT molecular complexity index is 330. The zero-order valence-corrected chi connectivity index (χ0v) is 14.9. The van der Waals surface area contributed by atoms with E-state index in [0.717, 1.165) is 11.0 Å². The van der Waals surface area contributed by atoms with Gasteiger partial charge in [-0.1, -0.05) is 27.7 Å². The van der Waals surface area contributed by atoms with Gasteiger partial charge in [-0.2, -0.15) is 0 Å². The van der Waals surface area contributed by atoms with Crippen LogP contribution < -0.4 is 5.32 Å². The highest BCUT2D eigenvalue weighted by molar-refractivity contribution is 9.13. The van der Waals surface area contributed by atoms with Gasteiger partial charge in [-0.15, -0.1) is 11.3 Å². The molecule has 0 fully saturated rings. The monoisotopic (exact) mass is 381 g/mol. The van der Waals surface area contributed by atoms with E-state index in [9.17, 15) is 0 Å². The van der Waals surface area contributed by atoms with E-state index in [1.54, 1.807) is 0 Å². The highest BCUT2D eigenvalue weighted by Gasteiger charge is 2.23. The van der Waals surface area contributed by atoms with Gasteiger partial charge >= 0.3 is 0 Å². The fourth-order valence-corrected chi connectivity index (χ4v) is 4.03. The average molecular weight is 383 g/mol. The van der Waals surface area contributed by atoms with Crippen LogP contribution in [-0.4, -0.2) is 6.54 Å². The second-order valence-electron chi connectivity index (χ2n) is 4.81. The Morgan fingerprint density at radius 1 is 1.29 bits per heavy atom. The summed E-state index contributed by atoms with van der Waals surface area (Å²) in [5.41, 5.74) is 0. The van der Waals surface area contributed by atoms with Crippen LogP contribution >= 0.6 is 43.2 Å². The van der Waals surface area contributed by atoms with E-state index in [4.69, 9.17) is 0 Å². The van der Waals surface area contributed by atoms with Crippen molar-refractivity contribution in [3.8, 4) is 0 Å². The molecule has 1 aromatic heterocycles. The average Bonchev–Trinajstić information content (AvgIpc) is 2.59. The van der Waals surface area contributed by atoms with Gasteiger partial charge in [0.25, 0.3) is 0 Å². The summed E-state index contributed by atoms with van der Waals surface area (Å²) in [6.45, 7) is 10.2. The second-order valence-corrected chi connectivity index (χ2v) is 8.06. The molecule has 4 heteroatoms. The van der Waals surface area contributed by atoms with E-state index in [-0.39, 0.29) is 0 Å². The minimum Gasteiger partial charge on any atom is -0.309 e. The van der Waals surface area contributed by atoms with Crippen molar-refractivity contribution in [1.82, 2.24) is 5.32 Å². The van der Waals surface area contributed by atoms with Crippen LogP contribution in [0.15, 0.2) is 14.3 Å². The van der Waals surface area contributed by atoms with Crippen LogP contribution in [0.4, 0.5) is 0 Å². The van der Waals surface area contributed by atoms with Crippen LogP contribution in [0.25, 0.3) is 0 Å². The molecule has 17 heavy (non-hydrogen) atoms. The summed E-state index contributed by atoms with van der Waals surface area (Å²) in [4.78, 5) is 1.42. The quantitative estimate of drug-likeness (QED) is 0.674. The molecule has 1 aromatic rings. The van der Waals surface area contributed by atoms with E-state index >= 15 is 0 Å². The van der Waals surface area contributed by atoms with Gasteiger partial charge in [-0.25, -0.2) is 0 Å². The molecule has 0 spiro atoms. The third kappa shape index (κ3) is 4.34. The Kier molecular flexibility index (Phi) is 6.70. The van der Waals surface area contributed by atoms with Crippen molar-refractivity contribution in [2.24, 2.45) is 11.8 Å². The van der Waals surface area contributed by atoms with Crippen molar-refractivity contribution in [2.75, 3.05) is 6.54 Å². The summed E-state index contributed by atoms with van der Waals surface area (Å²) in [5, 5.41) is 3.68. The Morgan fingerprint density at radius 2 is 1.94 bits per heavy atom. The molecule has 0 radical (unpaired) electrons. The van der Waals surface area contributed by atoms with E-state index in [2.05, 4.69) is 70.9 Å². The fourth-order valence-electron chi connectivity index (χ4n) is 1.75. The van der Waals surface area contributed by atoms with Gasteiger partial charge in [0.15, 0.2) is 0 Å². The molecular formula is C13H21Br2NS. The molecule has 1 rings (SSSR count). The maximum atomic E-state index is 3.68. The zero-order chi connectivity index (χ0) is 13.0. The Hall–Kier alpha value is 0.620. The van der Waals surface area contributed by atoms with Gasteiger partial charge < -0.3 is 5.32 Å². The largest absolute Gasteiger partial charge is 0.309 e. The van der Waals surface area contributed by atoms with Crippen molar-refractivity contribution in [3.63, 3.8) is 0 Å². The van der Waals surface area contributed by atoms with Crippen molar-refractivity contribution in [3.05, 3.63) is 19.2 Å².